The number of urea groups is 1. The number of amides is 3. The van der Waals surface area contributed by atoms with Crippen molar-refractivity contribution in [1.29, 1.82) is 0 Å². The van der Waals surface area contributed by atoms with Crippen LogP contribution in [-0.4, -0.2) is 92.7 Å². The number of aryl methyl sites for hydroxylation is 2. The Hall–Kier alpha value is -4.74. The van der Waals surface area contributed by atoms with Crippen molar-refractivity contribution in [3.8, 4) is 23.1 Å². The summed E-state index contributed by atoms with van der Waals surface area (Å²) < 4.78 is 12.1. The molecule has 0 spiro atoms. The summed E-state index contributed by atoms with van der Waals surface area (Å²) in [5.41, 5.74) is 1.47. The molecule has 2 fully saturated rings. The summed E-state index contributed by atoms with van der Waals surface area (Å²) in [5, 5.41) is 13.5. The van der Waals surface area contributed by atoms with Gasteiger partial charge in [0.2, 0.25) is 11.8 Å². The molecule has 45 heavy (non-hydrogen) atoms. The lowest BCUT2D eigenvalue weighted by Crippen LogP contribution is -2.54. The average Bonchev–Trinajstić information content (AvgIpc) is 3.56. The predicted octanol–water partition coefficient (Wildman–Crippen LogP) is 3.89. The number of carbonyl (C=O) groups excluding carboxylic acids is 2. The third kappa shape index (κ3) is 5.76. The number of allylic oxidation sites excluding steroid dienone is 1. The Morgan fingerprint density at radius 2 is 1.93 bits per heavy atom. The predicted molar refractivity (Wildman–Crippen MR) is 166 cm³/mol. The molecule has 1 saturated heterocycles. The zero-order valence-electron chi connectivity index (χ0n) is 25.9. The average molecular weight is 615 g/mol. The lowest BCUT2D eigenvalue weighted by atomic mass is 10.1. The van der Waals surface area contributed by atoms with Crippen molar-refractivity contribution in [2.24, 2.45) is 5.92 Å². The fourth-order valence-electron chi connectivity index (χ4n) is 6.33. The quantitative estimate of drug-likeness (QED) is 0.409. The molecule has 3 aromatic rings. The van der Waals surface area contributed by atoms with Gasteiger partial charge in [0, 0.05) is 37.2 Å². The molecular weight excluding hydrogens is 576 g/mol. The van der Waals surface area contributed by atoms with Crippen LogP contribution in [-0.2, 0) is 9.59 Å². The van der Waals surface area contributed by atoms with E-state index >= 15 is 0 Å². The largest absolute Gasteiger partial charge is 0.496 e. The van der Waals surface area contributed by atoms with Crippen LogP contribution in [0.1, 0.15) is 43.4 Å². The van der Waals surface area contributed by atoms with E-state index in [9.17, 15) is 19.5 Å². The Balaban J connectivity index is 1.35. The summed E-state index contributed by atoms with van der Waals surface area (Å²) in [6.45, 7) is 4.47. The van der Waals surface area contributed by atoms with Crippen molar-refractivity contribution in [2.75, 3.05) is 27.2 Å². The molecule has 4 atom stereocenters. The first-order chi connectivity index (χ1) is 21.6. The van der Waals surface area contributed by atoms with Crippen LogP contribution < -0.4 is 14.8 Å². The zero-order valence-corrected chi connectivity index (χ0v) is 25.9. The van der Waals surface area contributed by atoms with E-state index in [0.29, 0.717) is 47.0 Å². The molecule has 3 aliphatic rings. The molecule has 2 N–H and O–H groups in total. The summed E-state index contributed by atoms with van der Waals surface area (Å²) in [7, 11) is 3.32. The number of carbonyl (C=O) groups is 3. The summed E-state index contributed by atoms with van der Waals surface area (Å²) in [4.78, 5) is 57.0. The molecule has 4 unspecified atom stereocenters. The fraction of sp³-hybridized carbons (Fsp3) is 0.455. The number of ether oxygens (including phenoxy) is 2. The third-order valence-electron chi connectivity index (χ3n) is 9.02. The first kappa shape index (κ1) is 30.3. The van der Waals surface area contributed by atoms with E-state index in [2.05, 4.69) is 10.3 Å². The van der Waals surface area contributed by atoms with Crippen LogP contribution in [0.3, 0.4) is 0 Å². The van der Waals surface area contributed by atoms with Gasteiger partial charge in [-0.05, 0) is 63.8 Å². The number of nitrogens with zero attached hydrogens (tertiary/aromatic N) is 5. The Bertz CT molecular complexity index is 1690. The van der Waals surface area contributed by atoms with Crippen molar-refractivity contribution in [1.82, 2.24) is 30.1 Å². The molecule has 2 aromatic heterocycles. The van der Waals surface area contributed by atoms with Crippen molar-refractivity contribution in [3.63, 3.8) is 0 Å². The SMILES string of the molecule is COc1ccc2c(OC3CC4C(=O)NC5(C(=O)O)CC5/C=C/CCCCN(C)C(=O)N4C3)nc(-c3cccc(C)n3)nc2c1C. The summed E-state index contributed by atoms with van der Waals surface area (Å²) >= 11 is 0. The van der Waals surface area contributed by atoms with E-state index in [0.717, 1.165) is 30.5 Å². The first-order valence-corrected chi connectivity index (χ1v) is 15.3. The van der Waals surface area contributed by atoms with Crippen LogP contribution in [0.5, 0.6) is 11.6 Å². The van der Waals surface area contributed by atoms with Crippen LogP contribution in [0.15, 0.2) is 42.5 Å². The zero-order chi connectivity index (χ0) is 31.9. The Morgan fingerprint density at radius 1 is 1.11 bits per heavy atom. The molecule has 6 rings (SSSR count). The maximum absolute atomic E-state index is 13.7. The molecule has 0 radical (unpaired) electrons. The second-order valence-electron chi connectivity index (χ2n) is 12.2. The maximum atomic E-state index is 13.7. The van der Waals surface area contributed by atoms with Crippen LogP contribution >= 0.6 is 0 Å². The van der Waals surface area contributed by atoms with Gasteiger partial charge in [-0.15, -0.1) is 0 Å². The van der Waals surface area contributed by atoms with Gasteiger partial charge in [-0.3, -0.25) is 4.79 Å². The lowest BCUT2D eigenvalue weighted by molar-refractivity contribution is -0.144. The van der Waals surface area contributed by atoms with Crippen LogP contribution in [0.4, 0.5) is 4.79 Å². The molecule has 1 saturated carbocycles. The number of hydrogen-bond acceptors (Lipinski definition) is 8. The maximum Gasteiger partial charge on any atom is 0.330 e. The van der Waals surface area contributed by atoms with E-state index in [1.807, 2.05) is 56.3 Å². The van der Waals surface area contributed by atoms with Gasteiger partial charge in [-0.2, -0.15) is 4.98 Å². The van der Waals surface area contributed by atoms with Gasteiger partial charge in [0.25, 0.3) is 0 Å². The Kier molecular flexibility index (Phi) is 8.07. The van der Waals surface area contributed by atoms with Gasteiger partial charge in [0.1, 0.15) is 29.1 Å². The van der Waals surface area contributed by atoms with Crippen molar-refractivity contribution in [3.05, 3.63) is 53.7 Å². The first-order valence-electron chi connectivity index (χ1n) is 15.3. The van der Waals surface area contributed by atoms with Gasteiger partial charge < -0.3 is 29.7 Å². The number of aliphatic carboxylic acids is 1. The highest BCUT2D eigenvalue weighted by Crippen LogP contribution is 2.45. The van der Waals surface area contributed by atoms with Gasteiger partial charge in [-0.1, -0.05) is 18.2 Å². The van der Waals surface area contributed by atoms with E-state index in [4.69, 9.17) is 19.4 Å². The number of carboxylic acid groups (broad SMARTS) is 1. The molecule has 236 valence electrons. The number of methoxy groups -OCH3 is 1. The molecule has 1 aromatic carbocycles. The number of fused-ring (bicyclic) bond motifs is 3. The summed E-state index contributed by atoms with van der Waals surface area (Å²) in [6, 6.07) is 8.04. The number of pyridine rings is 1. The standard InChI is InChI=1S/C33H38N6O6/c1-19-10-9-12-24(34-19)28-35-27-20(2)26(44-4)14-13-23(27)30(36-28)45-22-16-25-29(40)37-33(31(41)42)17-21(33)11-7-5-6-8-15-38(3)32(43)39(25)18-22/h7,9-14,21-22,25H,5-6,8,15-18H2,1-4H3,(H,37,40)(H,41,42)/b11-7+. The normalized spacial score (nSPS) is 26.0. The second kappa shape index (κ2) is 12.0. The third-order valence-corrected chi connectivity index (χ3v) is 9.02. The number of rotatable bonds is 5. The lowest BCUT2D eigenvalue weighted by Gasteiger charge is -2.29. The fourth-order valence-corrected chi connectivity index (χ4v) is 6.33. The highest BCUT2D eigenvalue weighted by Gasteiger charge is 2.61. The van der Waals surface area contributed by atoms with Crippen molar-refractivity contribution >= 4 is 28.8 Å². The highest BCUT2D eigenvalue weighted by atomic mass is 16.5. The topological polar surface area (TPSA) is 147 Å². The number of aromatic nitrogens is 3. The van der Waals surface area contributed by atoms with Gasteiger partial charge in [0.15, 0.2) is 5.82 Å². The molecule has 2 aliphatic heterocycles. The molecule has 4 heterocycles. The Labute approximate surface area is 261 Å². The van der Waals surface area contributed by atoms with E-state index in [1.54, 1.807) is 19.1 Å². The van der Waals surface area contributed by atoms with Gasteiger partial charge in [0.05, 0.1) is 24.6 Å². The molecule has 3 amide bonds. The number of benzene rings is 1. The molecular formula is C33H38N6O6. The van der Waals surface area contributed by atoms with Crippen LogP contribution in [0.2, 0.25) is 0 Å². The molecule has 12 nitrogen and oxygen atoms in total. The molecule has 12 heteroatoms. The van der Waals surface area contributed by atoms with Crippen molar-refractivity contribution < 1.29 is 29.0 Å². The number of hydrogen-bond donors (Lipinski definition) is 2. The number of carboxylic acids is 1. The smallest absolute Gasteiger partial charge is 0.330 e. The summed E-state index contributed by atoms with van der Waals surface area (Å²) in [6.07, 6.45) is 6.20. The van der Waals surface area contributed by atoms with Crippen LogP contribution in [0.25, 0.3) is 22.4 Å². The number of nitrogens with one attached hydrogen (secondary N) is 1. The van der Waals surface area contributed by atoms with E-state index in [-0.39, 0.29) is 24.9 Å². The second-order valence-corrected chi connectivity index (χ2v) is 12.2. The highest BCUT2D eigenvalue weighted by molar-refractivity contribution is 5.95. The van der Waals surface area contributed by atoms with Gasteiger partial charge in [-0.25, -0.2) is 19.6 Å². The van der Waals surface area contributed by atoms with E-state index in [1.165, 1.54) is 4.90 Å². The summed E-state index contributed by atoms with van der Waals surface area (Å²) in [5.74, 6) is -0.527. The monoisotopic (exact) mass is 614 g/mol. The minimum Gasteiger partial charge on any atom is -0.496 e. The van der Waals surface area contributed by atoms with Crippen molar-refractivity contribution in [2.45, 2.75) is 63.6 Å². The molecule has 0 bridgehead atoms. The van der Waals surface area contributed by atoms with Crippen LogP contribution in [0, 0.1) is 19.8 Å². The van der Waals surface area contributed by atoms with E-state index < -0.39 is 29.6 Å². The minimum atomic E-state index is -1.37. The Morgan fingerprint density at radius 3 is 2.69 bits per heavy atom. The minimum absolute atomic E-state index is 0.128. The van der Waals surface area contributed by atoms with Gasteiger partial charge >= 0.3 is 12.0 Å². The molecule has 1 aliphatic carbocycles.